The molecule has 0 saturated heterocycles. The number of nitrogens with zero attached hydrogens (tertiary/aromatic N) is 3. The molecule has 1 atom stereocenters. The van der Waals surface area contributed by atoms with E-state index < -0.39 is 11.3 Å². The highest BCUT2D eigenvalue weighted by atomic mass is 35.5. The van der Waals surface area contributed by atoms with E-state index in [4.69, 9.17) is 16.7 Å². The Morgan fingerprint density at radius 3 is 2.82 bits per heavy atom. The fourth-order valence-electron chi connectivity index (χ4n) is 1.18. The van der Waals surface area contributed by atoms with Crippen LogP contribution in [0.5, 0.6) is 0 Å². The van der Waals surface area contributed by atoms with Crippen LogP contribution in [0.4, 0.5) is 5.69 Å². The van der Waals surface area contributed by atoms with E-state index in [2.05, 4.69) is 5.10 Å². The SMILES string of the molecule is CCN(C)c1cnn(CC(Cl)C(=O)O)c(=O)c1. The maximum absolute atomic E-state index is 11.6. The second-order valence-electron chi connectivity index (χ2n) is 3.55. The molecule has 0 radical (unpaired) electrons. The highest BCUT2D eigenvalue weighted by molar-refractivity contribution is 6.29. The summed E-state index contributed by atoms with van der Waals surface area (Å²) in [6, 6.07) is 1.40. The van der Waals surface area contributed by atoms with Crippen LogP contribution in [0, 0.1) is 0 Å². The zero-order chi connectivity index (χ0) is 13.0. The summed E-state index contributed by atoms with van der Waals surface area (Å²) in [6.07, 6.45) is 1.51. The Kier molecular flexibility index (Phi) is 4.51. The summed E-state index contributed by atoms with van der Waals surface area (Å²) in [5.41, 5.74) is 0.324. The van der Waals surface area contributed by atoms with Gasteiger partial charge in [0.05, 0.1) is 18.4 Å². The van der Waals surface area contributed by atoms with Crippen molar-refractivity contribution in [3.8, 4) is 0 Å². The van der Waals surface area contributed by atoms with Gasteiger partial charge in [0.1, 0.15) is 0 Å². The first kappa shape index (κ1) is 13.5. The molecule has 1 aromatic heterocycles. The summed E-state index contributed by atoms with van der Waals surface area (Å²) >= 11 is 5.54. The predicted molar refractivity (Wildman–Crippen MR) is 64.7 cm³/mol. The van der Waals surface area contributed by atoms with E-state index in [0.29, 0.717) is 5.69 Å². The van der Waals surface area contributed by atoms with Gasteiger partial charge in [0.15, 0.2) is 5.38 Å². The Labute approximate surface area is 103 Å². The molecule has 94 valence electrons. The van der Waals surface area contributed by atoms with Crippen LogP contribution in [-0.2, 0) is 11.3 Å². The quantitative estimate of drug-likeness (QED) is 0.775. The third-order valence-corrected chi connectivity index (χ3v) is 2.70. The van der Waals surface area contributed by atoms with E-state index in [0.717, 1.165) is 11.2 Å². The molecular weight excluding hydrogens is 246 g/mol. The molecule has 0 aliphatic carbocycles. The summed E-state index contributed by atoms with van der Waals surface area (Å²) in [5.74, 6) is -1.17. The number of carboxylic acid groups (broad SMARTS) is 1. The van der Waals surface area contributed by atoms with Crippen LogP contribution in [0.1, 0.15) is 6.92 Å². The maximum Gasteiger partial charge on any atom is 0.323 e. The standard InChI is InChI=1S/C10H14ClN3O3/c1-3-13(2)7-4-9(15)14(12-5-7)6-8(11)10(16)17/h4-5,8H,3,6H2,1-2H3,(H,16,17). The molecular formula is C10H14ClN3O3. The fourth-order valence-corrected chi connectivity index (χ4v) is 1.31. The zero-order valence-corrected chi connectivity index (χ0v) is 10.4. The van der Waals surface area contributed by atoms with Gasteiger partial charge >= 0.3 is 5.97 Å². The predicted octanol–water partition coefficient (Wildman–Crippen LogP) is 0.391. The number of anilines is 1. The van der Waals surface area contributed by atoms with Crippen molar-refractivity contribution in [2.45, 2.75) is 18.8 Å². The molecule has 0 aliphatic rings. The minimum Gasteiger partial charge on any atom is -0.480 e. The molecule has 1 unspecified atom stereocenters. The summed E-state index contributed by atoms with van der Waals surface area (Å²) in [6.45, 7) is 2.55. The monoisotopic (exact) mass is 259 g/mol. The Morgan fingerprint density at radius 2 is 2.35 bits per heavy atom. The number of alkyl halides is 1. The Hall–Kier alpha value is -1.56. The normalized spacial score (nSPS) is 12.2. The lowest BCUT2D eigenvalue weighted by atomic mass is 10.4. The highest BCUT2D eigenvalue weighted by Gasteiger charge is 2.15. The van der Waals surface area contributed by atoms with Crippen LogP contribution in [0.3, 0.4) is 0 Å². The van der Waals surface area contributed by atoms with Crippen LogP contribution in [0.25, 0.3) is 0 Å². The van der Waals surface area contributed by atoms with Crippen LogP contribution >= 0.6 is 11.6 Å². The van der Waals surface area contributed by atoms with Gasteiger partial charge in [0.2, 0.25) is 0 Å². The van der Waals surface area contributed by atoms with Crippen molar-refractivity contribution >= 4 is 23.3 Å². The first-order chi connectivity index (χ1) is 7.95. The lowest BCUT2D eigenvalue weighted by Crippen LogP contribution is -2.31. The largest absolute Gasteiger partial charge is 0.480 e. The highest BCUT2D eigenvalue weighted by Crippen LogP contribution is 2.06. The van der Waals surface area contributed by atoms with E-state index in [1.165, 1.54) is 12.3 Å². The molecule has 0 aliphatic heterocycles. The summed E-state index contributed by atoms with van der Waals surface area (Å²) in [7, 11) is 1.84. The van der Waals surface area contributed by atoms with Gasteiger partial charge in [-0.3, -0.25) is 9.59 Å². The Balaban J connectivity index is 2.91. The molecule has 1 heterocycles. The van der Waals surface area contributed by atoms with Crippen LogP contribution < -0.4 is 10.5 Å². The van der Waals surface area contributed by atoms with Gasteiger partial charge in [-0.15, -0.1) is 11.6 Å². The third-order valence-electron chi connectivity index (χ3n) is 2.37. The lowest BCUT2D eigenvalue weighted by molar-refractivity contribution is -0.136. The van der Waals surface area contributed by atoms with E-state index in [9.17, 15) is 9.59 Å². The van der Waals surface area contributed by atoms with Crippen molar-refractivity contribution in [1.82, 2.24) is 9.78 Å². The molecule has 6 nitrogen and oxygen atoms in total. The molecule has 1 aromatic rings. The molecule has 0 fully saturated rings. The van der Waals surface area contributed by atoms with Crippen molar-refractivity contribution < 1.29 is 9.90 Å². The van der Waals surface area contributed by atoms with Crippen molar-refractivity contribution in [2.75, 3.05) is 18.5 Å². The second-order valence-corrected chi connectivity index (χ2v) is 4.08. The number of carbonyl (C=O) groups is 1. The number of aliphatic carboxylic acids is 1. The van der Waals surface area contributed by atoms with Crippen LogP contribution in [0.15, 0.2) is 17.1 Å². The Bertz CT molecular complexity index is 460. The van der Waals surface area contributed by atoms with Gasteiger partial charge in [-0.1, -0.05) is 0 Å². The summed E-state index contributed by atoms with van der Waals surface area (Å²) < 4.78 is 1.04. The van der Waals surface area contributed by atoms with Gasteiger partial charge in [-0.05, 0) is 6.92 Å². The number of rotatable bonds is 5. The molecule has 0 spiro atoms. The number of aromatic nitrogens is 2. The molecule has 17 heavy (non-hydrogen) atoms. The second kappa shape index (κ2) is 5.67. The molecule has 1 N–H and O–H groups in total. The van der Waals surface area contributed by atoms with Crippen molar-refractivity contribution in [3.63, 3.8) is 0 Å². The first-order valence-corrected chi connectivity index (χ1v) is 5.54. The number of carboxylic acids is 1. The maximum atomic E-state index is 11.6. The minimum atomic E-state index is -1.17. The topological polar surface area (TPSA) is 75.4 Å². The molecule has 7 heteroatoms. The molecule has 1 rings (SSSR count). The van der Waals surface area contributed by atoms with Gasteiger partial charge in [0.25, 0.3) is 5.56 Å². The first-order valence-electron chi connectivity index (χ1n) is 5.11. The molecule has 0 aromatic carbocycles. The fraction of sp³-hybridized carbons (Fsp3) is 0.500. The molecule has 0 saturated carbocycles. The van der Waals surface area contributed by atoms with E-state index in [1.54, 1.807) is 0 Å². The number of hydrogen-bond donors (Lipinski definition) is 1. The summed E-state index contributed by atoms with van der Waals surface area (Å²) in [4.78, 5) is 24.0. The van der Waals surface area contributed by atoms with Gasteiger partial charge in [-0.25, -0.2) is 4.68 Å². The van der Waals surface area contributed by atoms with Crippen LogP contribution in [-0.4, -0.2) is 39.8 Å². The average Bonchev–Trinajstić information content (AvgIpc) is 2.30. The van der Waals surface area contributed by atoms with Gasteiger partial charge < -0.3 is 10.0 Å². The van der Waals surface area contributed by atoms with E-state index in [1.807, 2.05) is 18.9 Å². The average molecular weight is 260 g/mol. The summed E-state index contributed by atoms with van der Waals surface area (Å²) in [5, 5.41) is 11.4. The van der Waals surface area contributed by atoms with Crippen molar-refractivity contribution in [2.24, 2.45) is 0 Å². The van der Waals surface area contributed by atoms with Crippen LogP contribution in [0.2, 0.25) is 0 Å². The van der Waals surface area contributed by atoms with E-state index >= 15 is 0 Å². The molecule has 0 bridgehead atoms. The number of halogens is 1. The number of hydrogen-bond acceptors (Lipinski definition) is 4. The lowest BCUT2D eigenvalue weighted by Gasteiger charge is -2.16. The smallest absolute Gasteiger partial charge is 0.323 e. The van der Waals surface area contributed by atoms with Gasteiger partial charge in [0, 0.05) is 19.7 Å². The minimum absolute atomic E-state index is 0.147. The van der Waals surface area contributed by atoms with Crippen molar-refractivity contribution in [1.29, 1.82) is 0 Å². The Morgan fingerprint density at radius 1 is 1.71 bits per heavy atom. The zero-order valence-electron chi connectivity index (χ0n) is 9.63. The molecule has 0 amide bonds. The van der Waals surface area contributed by atoms with Crippen molar-refractivity contribution in [3.05, 3.63) is 22.6 Å². The third kappa shape index (κ3) is 3.45. The van der Waals surface area contributed by atoms with Gasteiger partial charge in [-0.2, -0.15) is 5.10 Å². The van der Waals surface area contributed by atoms with E-state index in [-0.39, 0.29) is 12.1 Å².